The number of benzene rings is 1. The molecule has 2 heterocycles. The number of ether oxygens (including phenoxy) is 2. The molecule has 0 aliphatic carbocycles. The summed E-state index contributed by atoms with van der Waals surface area (Å²) >= 11 is 0. The Morgan fingerprint density at radius 1 is 1.35 bits per heavy atom. The van der Waals surface area contributed by atoms with Crippen LogP contribution in [-0.4, -0.2) is 40.2 Å². The van der Waals surface area contributed by atoms with Crippen LogP contribution in [-0.2, 0) is 23.1 Å². The average Bonchev–Trinajstić information content (AvgIpc) is 2.47. The highest BCUT2D eigenvalue weighted by Crippen LogP contribution is 2.23. The van der Waals surface area contributed by atoms with Crippen molar-refractivity contribution in [3.63, 3.8) is 0 Å². The van der Waals surface area contributed by atoms with Crippen molar-refractivity contribution in [1.82, 2.24) is 0 Å². The molecule has 0 aromatic heterocycles. The lowest BCUT2D eigenvalue weighted by Crippen LogP contribution is -2.57. The normalized spacial score (nSPS) is 29.4. The summed E-state index contributed by atoms with van der Waals surface area (Å²) in [5, 5.41) is 1.03. The molecule has 1 saturated heterocycles. The summed E-state index contributed by atoms with van der Waals surface area (Å²) in [4.78, 5) is 11.2. The molecule has 0 bridgehead atoms. The molecule has 1 aromatic rings. The Hall–Kier alpha value is -1.63. The van der Waals surface area contributed by atoms with E-state index < -0.39 is 15.4 Å². The molecule has 1 radical (unpaired) electrons. The first-order chi connectivity index (χ1) is 9.74. The Morgan fingerprint density at radius 2 is 2.15 bits per heavy atom. The molecule has 1 aromatic carbocycles. The molecule has 0 unspecified atom stereocenters. The smallest absolute Gasteiger partial charge is 0.424 e. The van der Waals surface area contributed by atoms with Crippen LogP contribution >= 0.6 is 0 Å². The van der Waals surface area contributed by atoms with Gasteiger partial charge >= 0.3 is 15.3 Å². The van der Waals surface area contributed by atoms with Crippen LogP contribution < -0.4 is 5.19 Å². The molecule has 0 saturated carbocycles. The summed E-state index contributed by atoms with van der Waals surface area (Å²) in [5.74, 6) is -0.330. The average molecular weight is 291 g/mol. The van der Waals surface area contributed by atoms with Gasteiger partial charge in [0.15, 0.2) is 6.10 Å². The van der Waals surface area contributed by atoms with Crippen LogP contribution in [0.15, 0.2) is 42.7 Å². The third-order valence-electron chi connectivity index (χ3n) is 3.15. The number of hydrogen-bond acceptors (Lipinski definition) is 5. The van der Waals surface area contributed by atoms with Gasteiger partial charge < -0.3 is 18.3 Å². The first-order valence-corrected chi connectivity index (χ1v) is 7.77. The third kappa shape index (κ3) is 2.77. The van der Waals surface area contributed by atoms with Crippen molar-refractivity contribution in [3.05, 3.63) is 42.7 Å². The Labute approximate surface area is 118 Å². The van der Waals surface area contributed by atoms with Gasteiger partial charge in [-0.15, -0.1) is 0 Å². The third-order valence-corrected chi connectivity index (χ3v) is 4.87. The summed E-state index contributed by atoms with van der Waals surface area (Å²) in [6, 6.07) is 9.81. The molecule has 105 valence electrons. The summed E-state index contributed by atoms with van der Waals surface area (Å²) in [7, 11) is -1.57. The van der Waals surface area contributed by atoms with Crippen LogP contribution in [0.5, 0.6) is 0 Å². The second-order valence-corrected chi connectivity index (χ2v) is 6.30. The largest absolute Gasteiger partial charge is 0.493 e. The zero-order valence-electron chi connectivity index (χ0n) is 11.0. The zero-order chi connectivity index (χ0) is 13.9. The van der Waals surface area contributed by atoms with Gasteiger partial charge in [0, 0.05) is 6.92 Å². The van der Waals surface area contributed by atoms with Gasteiger partial charge in [-0.1, -0.05) is 30.3 Å². The number of carbonyl (C=O) groups excluding carboxylic acids is 1. The van der Waals surface area contributed by atoms with Gasteiger partial charge in [0.1, 0.15) is 12.2 Å². The number of rotatable bonds is 2. The van der Waals surface area contributed by atoms with Crippen molar-refractivity contribution >= 4 is 20.4 Å². The maximum Gasteiger partial charge on any atom is 0.424 e. The van der Waals surface area contributed by atoms with E-state index in [9.17, 15) is 4.79 Å². The summed E-state index contributed by atoms with van der Waals surface area (Å²) in [6.07, 6.45) is 2.28. The highest BCUT2D eigenvalue weighted by Gasteiger charge is 2.43. The Morgan fingerprint density at radius 3 is 2.90 bits per heavy atom. The van der Waals surface area contributed by atoms with Gasteiger partial charge in [-0.3, -0.25) is 4.79 Å². The van der Waals surface area contributed by atoms with E-state index in [1.807, 2.05) is 30.3 Å². The van der Waals surface area contributed by atoms with Gasteiger partial charge in [0.2, 0.25) is 0 Å². The topological polar surface area (TPSA) is 54.0 Å². The highest BCUT2D eigenvalue weighted by molar-refractivity contribution is 6.61. The number of esters is 1. The van der Waals surface area contributed by atoms with E-state index in [4.69, 9.17) is 18.3 Å². The zero-order valence-corrected chi connectivity index (χ0v) is 12.0. The lowest BCUT2D eigenvalue weighted by Gasteiger charge is -2.39. The molecular formula is C14H15O5Si. The molecule has 0 amide bonds. The first-order valence-electron chi connectivity index (χ1n) is 6.45. The van der Waals surface area contributed by atoms with Gasteiger partial charge in [0.25, 0.3) is 0 Å². The van der Waals surface area contributed by atoms with Crippen LogP contribution in [0.4, 0.5) is 0 Å². The summed E-state index contributed by atoms with van der Waals surface area (Å²) in [6.45, 7) is 1.83. The molecular weight excluding hydrogens is 276 g/mol. The monoisotopic (exact) mass is 291 g/mol. The molecule has 0 N–H and O–H groups in total. The molecule has 5 nitrogen and oxygen atoms in total. The Balaban J connectivity index is 1.76. The summed E-state index contributed by atoms with van der Waals surface area (Å²) < 4.78 is 22.5. The number of hydrogen-bond donors (Lipinski definition) is 0. The fraction of sp³-hybridized carbons (Fsp3) is 0.357. The SMILES string of the molecule is CC(=O)O[C@@H]1C=CO[C@@H]2CO[Si](c3ccccc3)O[C@@H]12. The molecule has 20 heavy (non-hydrogen) atoms. The van der Waals surface area contributed by atoms with Crippen LogP contribution in [0.3, 0.4) is 0 Å². The second kappa shape index (κ2) is 5.78. The lowest BCUT2D eigenvalue weighted by atomic mass is 10.1. The molecule has 0 spiro atoms. The molecule has 3 atom stereocenters. The standard InChI is InChI=1S/C14H15O5Si/c1-10(15)18-12-7-8-16-13-9-17-20(19-14(12)13)11-5-3-2-4-6-11/h2-8,12-14H,9H2,1H3/t12-,13-,14+/m1/s1. The number of fused-ring (bicyclic) bond motifs is 1. The van der Waals surface area contributed by atoms with E-state index in [1.165, 1.54) is 6.92 Å². The fourth-order valence-corrected chi connectivity index (χ4v) is 3.92. The van der Waals surface area contributed by atoms with Crippen molar-refractivity contribution in [2.75, 3.05) is 6.61 Å². The molecule has 3 rings (SSSR count). The molecule has 1 fully saturated rings. The van der Waals surface area contributed by atoms with Crippen LogP contribution in [0.2, 0.25) is 0 Å². The van der Waals surface area contributed by atoms with Crippen LogP contribution in [0, 0.1) is 0 Å². The van der Waals surface area contributed by atoms with Gasteiger partial charge in [-0.25, -0.2) is 0 Å². The van der Waals surface area contributed by atoms with E-state index in [2.05, 4.69) is 0 Å². The fourth-order valence-electron chi connectivity index (χ4n) is 2.24. The highest BCUT2D eigenvalue weighted by atomic mass is 28.3. The van der Waals surface area contributed by atoms with Crippen LogP contribution in [0.1, 0.15) is 6.92 Å². The minimum atomic E-state index is -1.57. The Bertz CT molecular complexity index is 504. The van der Waals surface area contributed by atoms with E-state index in [-0.39, 0.29) is 18.2 Å². The maximum absolute atomic E-state index is 11.2. The second-order valence-electron chi connectivity index (χ2n) is 4.62. The predicted molar refractivity (Wildman–Crippen MR) is 72.2 cm³/mol. The molecule has 6 heteroatoms. The van der Waals surface area contributed by atoms with Gasteiger partial charge in [-0.05, 0) is 11.3 Å². The van der Waals surface area contributed by atoms with Crippen molar-refractivity contribution in [3.8, 4) is 0 Å². The minimum Gasteiger partial charge on any atom is -0.493 e. The number of carbonyl (C=O) groups is 1. The Kier molecular flexibility index (Phi) is 3.86. The van der Waals surface area contributed by atoms with E-state index in [0.717, 1.165) is 5.19 Å². The van der Waals surface area contributed by atoms with Crippen molar-refractivity contribution < 1.29 is 23.1 Å². The van der Waals surface area contributed by atoms with Crippen molar-refractivity contribution in [2.24, 2.45) is 0 Å². The van der Waals surface area contributed by atoms with Crippen molar-refractivity contribution in [2.45, 2.75) is 25.2 Å². The first kappa shape index (κ1) is 13.4. The van der Waals surface area contributed by atoms with E-state index in [0.29, 0.717) is 6.61 Å². The quantitative estimate of drug-likeness (QED) is 0.591. The molecule has 2 aliphatic heterocycles. The van der Waals surface area contributed by atoms with E-state index >= 15 is 0 Å². The maximum atomic E-state index is 11.2. The predicted octanol–water partition coefficient (Wildman–Crippen LogP) is 0.641. The minimum absolute atomic E-state index is 0.234. The van der Waals surface area contributed by atoms with Gasteiger partial charge in [0.05, 0.1) is 12.9 Å². The van der Waals surface area contributed by atoms with Crippen molar-refractivity contribution in [1.29, 1.82) is 0 Å². The summed E-state index contributed by atoms with van der Waals surface area (Å²) in [5.41, 5.74) is 0. The molecule has 2 aliphatic rings. The lowest BCUT2D eigenvalue weighted by molar-refractivity contribution is -0.159. The van der Waals surface area contributed by atoms with Crippen LogP contribution in [0.25, 0.3) is 0 Å². The van der Waals surface area contributed by atoms with Gasteiger partial charge in [-0.2, -0.15) is 0 Å². The van der Waals surface area contributed by atoms with E-state index in [1.54, 1.807) is 12.3 Å².